The number of anilines is 2. The Kier molecular flexibility index (Phi) is 3.64. The Morgan fingerprint density at radius 1 is 1.11 bits per heavy atom. The molecule has 0 radical (unpaired) electrons. The van der Waals surface area contributed by atoms with Crippen molar-refractivity contribution in [1.82, 2.24) is 30.4 Å². The van der Waals surface area contributed by atoms with Gasteiger partial charge in [-0.05, 0) is 28.1 Å². The number of H-pyrrole nitrogens is 1. The number of tetrazole rings is 1. The maximum atomic E-state index is 12.6. The molecule has 5 rings (SSSR count). The molecular formula is C19H15N7O2. The summed E-state index contributed by atoms with van der Waals surface area (Å²) in [6.45, 7) is 0. The van der Waals surface area contributed by atoms with Crippen LogP contribution in [0.25, 0.3) is 11.3 Å². The van der Waals surface area contributed by atoms with Crippen molar-refractivity contribution in [3.05, 3.63) is 76.1 Å². The molecule has 1 unspecified atom stereocenters. The van der Waals surface area contributed by atoms with Gasteiger partial charge in [-0.3, -0.25) is 4.79 Å². The van der Waals surface area contributed by atoms with Gasteiger partial charge in [-0.25, -0.2) is 5.10 Å². The highest BCUT2D eigenvalue weighted by Gasteiger charge is 2.34. The predicted octanol–water partition coefficient (Wildman–Crippen LogP) is 2.13. The van der Waals surface area contributed by atoms with Gasteiger partial charge in [-0.2, -0.15) is 9.78 Å². The summed E-state index contributed by atoms with van der Waals surface area (Å²) in [5.41, 5.74) is 3.14. The number of aromatic amines is 1. The van der Waals surface area contributed by atoms with Gasteiger partial charge in [0.25, 0.3) is 5.56 Å². The zero-order valence-electron chi connectivity index (χ0n) is 14.8. The van der Waals surface area contributed by atoms with E-state index in [0.717, 1.165) is 11.1 Å². The minimum atomic E-state index is -0.443. The average molecular weight is 373 g/mol. The van der Waals surface area contributed by atoms with Crippen LogP contribution in [-0.4, -0.2) is 37.5 Å². The van der Waals surface area contributed by atoms with Crippen LogP contribution in [-0.2, 0) is 0 Å². The van der Waals surface area contributed by atoms with E-state index in [4.69, 9.17) is 4.74 Å². The number of benzene rings is 2. The van der Waals surface area contributed by atoms with Crippen LogP contribution in [0.1, 0.15) is 17.2 Å². The van der Waals surface area contributed by atoms with Crippen LogP contribution in [0.4, 0.5) is 11.6 Å². The van der Waals surface area contributed by atoms with Crippen LogP contribution in [0.15, 0.2) is 59.4 Å². The van der Waals surface area contributed by atoms with Gasteiger partial charge in [0.15, 0.2) is 0 Å². The second-order valence-corrected chi connectivity index (χ2v) is 6.31. The smallest absolute Gasteiger partial charge is 0.288 e. The Labute approximate surface area is 159 Å². The van der Waals surface area contributed by atoms with Crippen LogP contribution in [0.5, 0.6) is 5.75 Å². The van der Waals surface area contributed by atoms with Gasteiger partial charge in [0.2, 0.25) is 5.95 Å². The van der Waals surface area contributed by atoms with Crippen LogP contribution in [0.3, 0.4) is 0 Å². The molecule has 2 aromatic carbocycles. The Hall–Kier alpha value is -4.01. The van der Waals surface area contributed by atoms with E-state index < -0.39 is 6.04 Å². The molecule has 2 aromatic heterocycles. The monoisotopic (exact) mass is 373 g/mol. The fourth-order valence-corrected chi connectivity index (χ4v) is 3.47. The fourth-order valence-electron chi connectivity index (χ4n) is 3.47. The number of fused-ring (bicyclic) bond motifs is 2. The fraction of sp³-hybridized carbons (Fsp3) is 0.105. The lowest BCUT2D eigenvalue weighted by Crippen LogP contribution is -2.29. The molecule has 3 heterocycles. The first-order chi connectivity index (χ1) is 13.8. The number of nitrogens with one attached hydrogen (secondary N) is 2. The number of hydrogen-bond acceptors (Lipinski definition) is 7. The van der Waals surface area contributed by atoms with Crippen molar-refractivity contribution in [3.63, 3.8) is 0 Å². The van der Waals surface area contributed by atoms with Crippen LogP contribution in [0, 0.1) is 0 Å². The summed E-state index contributed by atoms with van der Waals surface area (Å²) < 4.78 is 7.03. The first-order valence-electron chi connectivity index (χ1n) is 8.63. The summed E-state index contributed by atoms with van der Waals surface area (Å²) in [7, 11) is 1.61. The minimum absolute atomic E-state index is 0.336. The Balaban J connectivity index is 1.82. The van der Waals surface area contributed by atoms with E-state index in [-0.39, 0.29) is 5.56 Å². The van der Waals surface area contributed by atoms with Crippen molar-refractivity contribution in [2.45, 2.75) is 6.04 Å². The molecular weight excluding hydrogens is 358 g/mol. The van der Waals surface area contributed by atoms with Crippen molar-refractivity contribution >= 4 is 11.6 Å². The molecule has 0 saturated heterocycles. The highest BCUT2D eigenvalue weighted by molar-refractivity contribution is 5.75. The molecule has 1 aliphatic rings. The molecule has 9 heteroatoms. The molecule has 2 N–H and O–H groups in total. The van der Waals surface area contributed by atoms with Gasteiger partial charge < -0.3 is 10.1 Å². The summed E-state index contributed by atoms with van der Waals surface area (Å²) in [6, 6.07) is 16.8. The number of methoxy groups -OCH3 is 1. The molecule has 1 aliphatic heterocycles. The number of nitrogens with zero attached hydrogens (tertiary/aromatic N) is 5. The summed E-state index contributed by atoms with van der Waals surface area (Å²) in [5.74, 6) is 1.09. The highest BCUT2D eigenvalue weighted by Crippen LogP contribution is 2.41. The van der Waals surface area contributed by atoms with Crippen LogP contribution >= 0.6 is 0 Å². The van der Waals surface area contributed by atoms with Gasteiger partial charge in [-0.1, -0.05) is 47.6 Å². The van der Waals surface area contributed by atoms with Crippen LogP contribution in [0.2, 0.25) is 0 Å². The number of rotatable bonds is 3. The van der Waals surface area contributed by atoms with Crippen molar-refractivity contribution in [1.29, 1.82) is 0 Å². The Morgan fingerprint density at radius 2 is 1.96 bits per heavy atom. The zero-order chi connectivity index (χ0) is 19.1. The SMILES string of the molecule is COc1cccc(C2c3c(-c4ccccc4)n[nH]c(=O)c3Nc3nnnn32)c1. The minimum Gasteiger partial charge on any atom is -0.497 e. The second-order valence-electron chi connectivity index (χ2n) is 6.31. The molecule has 4 aromatic rings. The van der Waals surface area contributed by atoms with E-state index >= 15 is 0 Å². The van der Waals surface area contributed by atoms with E-state index in [0.29, 0.717) is 28.6 Å². The van der Waals surface area contributed by atoms with Gasteiger partial charge in [0.1, 0.15) is 17.5 Å². The molecule has 138 valence electrons. The lowest BCUT2D eigenvalue weighted by atomic mass is 9.92. The number of aromatic nitrogens is 6. The van der Waals surface area contributed by atoms with Gasteiger partial charge >= 0.3 is 0 Å². The molecule has 0 fully saturated rings. The molecule has 28 heavy (non-hydrogen) atoms. The van der Waals surface area contributed by atoms with Crippen molar-refractivity contribution < 1.29 is 4.74 Å². The van der Waals surface area contributed by atoms with E-state index in [2.05, 4.69) is 31.0 Å². The quantitative estimate of drug-likeness (QED) is 0.498. The Morgan fingerprint density at radius 3 is 2.79 bits per heavy atom. The van der Waals surface area contributed by atoms with Gasteiger partial charge in [0.05, 0.1) is 12.8 Å². The van der Waals surface area contributed by atoms with E-state index in [9.17, 15) is 4.79 Å². The number of hydrogen-bond donors (Lipinski definition) is 2. The third-order valence-electron chi connectivity index (χ3n) is 4.73. The van der Waals surface area contributed by atoms with Crippen molar-refractivity contribution in [2.75, 3.05) is 12.4 Å². The largest absolute Gasteiger partial charge is 0.497 e. The molecule has 0 spiro atoms. The van der Waals surface area contributed by atoms with Gasteiger partial charge in [-0.15, -0.1) is 0 Å². The van der Waals surface area contributed by atoms with Gasteiger partial charge in [0, 0.05) is 11.1 Å². The highest BCUT2D eigenvalue weighted by atomic mass is 16.5. The Bertz CT molecular complexity index is 1220. The van der Waals surface area contributed by atoms with Crippen molar-refractivity contribution in [3.8, 4) is 17.0 Å². The van der Waals surface area contributed by atoms with Crippen molar-refractivity contribution in [2.24, 2.45) is 0 Å². The standard InChI is InChI=1S/C19H15N7O2/c1-28-13-9-5-8-12(10-13)17-14-15(11-6-3-2-4-7-11)21-22-18(27)16(14)20-19-23-24-25-26(17)19/h2-10,17H,1H3,(H,22,27)(H,20,23,25). The topological polar surface area (TPSA) is 111 Å². The first-order valence-corrected chi connectivity index (χ1v) is 8.63. The number of ether oxygens (including phenoxy) is 1. The third kappa shape index (κ3) is 2.44. The molecule has 9 nitrogen and oxygen atoms in total. The normalized spacial score (nSPS) is 14.7. The molecule has 0 aliphatic carbocycles. The summed E-state index contributed by atoms with van der Waals surface area (Å²) in [6.07, 6.45) is 0. The summed E-state index contributed by atoms with van der Waals surface area (Å²) in [4.78, 5) is 12.6. The summed E-state index contributed by atoms with van der Waals surface area (Å²) in [5, 5.41) is 21.9. The molecule has 0 saturated carbocycles. The summed E-state index contributed by atoms with van der Waals surface area (Å²) >= 11 is 0. The second kappa shape index (κ2) is 6.31. The van der Waals surface area contributed by atoms with Crippen LogP contribution < -0.4 is 15.6 Å². The molecule has 0 bridgehead atoms. The maximum Gasteiger partial charge on any atom is 0.288 e. The molecule has 1 atom stereocenters. The van der Waals surface area contributed by atoms with E-state index in [1.807, 2.05) is 54.6 Å². The van der Waals surface area contributed by atoms with E-state index in [1.54, 1.807) is 11.8 Å². The third-order valence-corrected chi connectivity index (χ3v) is 4.73. The van der Waals surface area contributed by atoms with E-state index in [1.165, 1.54) is 0 Å². The zero-order valence-corrected chi connectivity index (χ0v) is 14.8. The first kappa shape index (κ1) is 16.2. The maximum absolute atomic E-state index is 12.6. The predicted molar refractivity (Wildman–Crippen MR) is 102 cm³/mol. The lowest BCUT2D eigenvalue weighted by Gasteiger charge is -2.28. The lowest BCUT2D eigenvalue weighted by molar-refractivity contribution is 0.413. The molecule has 0 amide bonds. The average Bonchev–Trinajstić information content (AvgIpc) is 3.22.